The van der Waals surface area contributed by atoms with Crippen molar-refractivity contribution in [2.24, 2.45) is 0 Å². The van der Waals surface area contributed by atoms with Crippen LogP contribution in [0.25, 0.3) is 0 Å². The summed E-state index contributed by atoms with van der Waals surface area (Å²) in [5, 5.41) is 2.73. The minimum atomic E-state index is -0.631. The Labute approximate surface area is 85.9 Å². The molecule has 0 atom stereocenters. The number of aryl methyl sites for hydroxylation is 1. The minimum Gasteiger partial charge on any atom is -0.468 e. The smallest absolute Gasteiger partial charge is 0.323 e. The Balaban J connectivity index is 2.33. The van der Waals surface area contributed by atoms with Gasteiger partial charge in [-0.3, -0.25) is 4.79 Å². The van der Waals surface area contributed by atoms with Gasteiger partial charge in [0.25, 0.3) is 0 Å². The monoisotopic (exact) mass is 213 g/mol. The van der Waals surface area contributed by atoms with Crippen LogP contribution in [-0.4, -0.2) is 31.3 Å². The highest BCUT2D eigenvalue weighted by Crippen LogP contribution is 2.35. The molecule has 0 amide bonds. The summed E-state index contributed by atoms with van der Waals surface area (Å²) in [6, 6.07) is 0. The Morgan fingerprint density at radius 1 is 1.71 bits per heavy atom. The van der Waals surface area contributed by atoms with E-state index in [-0.39, 0.29) is 5.97 Å². The van der Waals surface area contributed by atoms with Crippen LogP contribution in [-0.2, 0) is 19.7 Å². The molecule has 1 fully saturated rings. The fourth-order valence-corrected chi connectivity index (χ4v) is 2.36. The largest absolute Gasteiger partial charge is 0.468 e. The average Bonchev–Trinajstić information content (AvgIpc) is 2.50. The molecule has 2 rings (SSSR count). The summed E-state index contributed by atoms with van der Waals surface area (Å²) >= 11 is 1.48. The number of methoxy groups -OCH3 is 1. The van der Waals surface area contributed by atoms with E-state index in [4.69, 9.17) is 9.47 Å². The number of aromatic nitrogens is 1. The zero-order valence-corrected chi connectivity index (χ0v) is 8.89. The summed E-state index contributed by atoms with van der Waals surface area (Å²) in [5.41, 5.74) is 0.299. The second-order valence-electron chi connectivity index (χ2n) is 3.36. The van der Waals surface area contributed by atoms with E-state index in [1.807, 2.05) is 12.3 Å². The van der Waals surface area contributed by atoms with Crippen LogP contribution < -0.4 is 0 Å². The lowest BCUT2D eigenvalue weighted by molar-refractivity contribution is -0.166. The zero-order chi connectivity index (χ0) is 10.2. The van der Waals surface area contributed by atoms with Crippen molar-refractivity contribution < 1.29 is 14.3 Å². The van der Waals surface area contributed by atoms with Gasteiger partial charge in [0.1, 0.15) is 5.01 Å². The number of esters is 1. The summed E-state index contributed by atoms with van der Waals surface area (Å²) < 4.78 is 9.86. The highest BCUT2D eigenvalue weighted by Gasteiger charge is 2.51. The van der Waals surface area contributed by atoms with Crippen LogP contribution in [0.1, 0.15) is 10.7 Å². The third-order valence-electron chi connectivity index (χ3n) is 2.30. The second kappa shape index (κ2) is 3.33. The number of rotatable bonds is 2. The molecule has 76 valence electrons. The molecule has 0 saturated carbocycles. The van der Waals surface area contributed by atoms with E-state index in [0.717, 1.165) is 10.7 Å². The quantitative estimate of drug-likeness (QED) is 0.685. The third kappa shape index (κ3) is 1.24. The molecule has 1 aromatic heterocycles. The normalized spacial score (nSPS) is 18.7. The number of thiazole rings is 1. The first kappa shape index (κ1) is 9.61. The maximum atomic E-state index is 11.6. The predicted molar refractivity (Wildman–Crippen MR) is 51.4 cm³/mol. The number of hydrogen-bond donors (Lipinski definition) is 0. The number of nitrogens with zero attached hydrogens (tertiary/aromatic N) is 1. The summed E-state index contributed by atoms with van der Waals surface area (Å²) in [6.07, 6.45) is 0. The van der Waals surface area contributed by atoms with Gasteiger partial charge in [-0.25, -0.2) is 4.98 Å². The van der Waals surface area contributed by atoms with Gasteiger partial charge in [-0.2, -0.15) is 0 Å². The van der Waals surface area contributed by atoms with E-state index < -0.39 is 5.41 Å². The molecular formula is C9H11NO3S. The Kier molecular flexibility index (Phi) is 2.28. The van der Waals surface area contributed by atoms with E-state index >= 15 is 0 Å². The standard InChI is InChI=1S/C9H11NO3S/c1-6-3-14-7(10-6)9(4-13-5-9)8(11)12-2/h3H,4-5H2,1-2H3. The van der Waals surface area contributed by atoms with E-state index in [1.165, 1.54) is 18.4 Å². The molecule has 1 saturated heterocycles. The van der Waals surface area contributed by atoms with Crippen molar-refractivity contribution in [2.45, 2.75) is 12.3 Å². The van der Waals surface area contributed by atoms with Crippen molar-refractivity contribution in [3.63, 3.8) is 0 Å². The molecule has 0 aliphatic carbocycles. The molecule has 1 aromatic rings. The first-order valence-corrected chi connectivity index (χ1v) is 5.16. The van der Waals surface area contributed by atoms with Gasteiger partial charge in [0, 0.05) is 11.1 Å². The lowest BCUT2D eigenvalue weighted by Crippen LogP contribution is -2.53. The highest BCUT2D eigenvalue weighted by molar-refractivity contribution is 7.10. The van der Waals surface area contributed by atoms with Crippen LogP contribution in [0.15, 0.2) is 5.38 Å². The second-order valence-corrected chi connectivity index (χ2v) is 4.22. The highest BCUT2D eigenvalue weighted by atomic mass is 32.1. The SMILES string of the molecule is COC(=O)C1(c2nc(C)cs2)COC1. The molecule has 5 heteroatoms. The van der Waals surface area contributed by atoms with Gasteiger partial charge >= 0.3 is 5.97 Å². The lowest BCUT2D eigenvalue weighted by atomic mass is 9.87. The molecule has 14 heavy (non-hydrogen) atoms. The fraction of sp³-hybridized carbons (Fsp3) is 0.556. The van der Waals surface area contributed by atoms with E-state index in [2.05, 4.69) is 4.98 Å². The summed E-state index contributed by atoms with van der Waals surface area (Å²) in [4.78, 5) is 15.9. The molecule has 0 aromatic carbocycles. The Morgan fingerprint density at radius 3 is 2.79 bits per heavy atom. The summed E-state index contributed by atoms with van der Waals surface area (Å²) in [6.45, 7) is 2.67. The number of ether oxygens (including phenoxy) is 2. The predicted octanol–water partition coefficient (Wildman–Crippen LogP) is 0.893. The molecule has 0 spiro atoms. The molecule has 0 unspecified atom stereocenters. The summed E-state index contributed by atoms with van der Waals surface area (Å²) in [5.74, 6) is -0.252. The van der Waals surface area contributed by atoms with Crippen molar-refractivity contribution in [2.75, 3.05) is 20.3 Å². The van der Waals surface area contributed by atoms with E-state index in [0.29, 0.717) is 13.2 Å². The van der Waals surface area contributed by atoms with Gasteiger partial charge in [-0.1, -0.05) is 0 Å². The average molecular weight is 213 g/mol. The molecule has 1 aliphatic rings. The van der Waals surface area contributed by atoms with Gasteiger partial charge in [-0.05, 0) is 6.92 Å². The van der Waals surface area contributed by atoms with Crippen LogP contribution in [0, 0.1) is 6.92 Å². The first-order valence-electron chi connectivity index (χ1n) is 4.28. The maximum absolute atomic E-state index is 11.6. The van der Waals surface area contributed by atoms with Crippen LogP contribution >= 0.6 is 11.3 Å². The van der Waals surface area contributed by atoms with Gasteiger partial charge < -0.3 is 9.47 Å². The van der Waals surface area contributed by atoms with E-state index in [1.54, 1.807) is 0 Å². The molecular weight excluding hydrogens is 202 g/mol. The first-order chi connectivity index (χ1) is 6.69. The molecule has 0 radical (unpaired) electrons. The van der Waals surface area contributed by atoms with Crippen molar-refractivity contribution in [3.8, 4) is 0 Å². The number of carbonyl (C=O) groups is 1. The third-order valence-corrected chi connectivity index (χ3v) is 3.47. The van der Waals surface area contributed by atoms with Crippen molar-refractivity contribution in [3.05, 3.63) is 16.1 Å². The fourth-order valence-electron chi connectivity index (χ4n) is 1.40. The van der Waals surface area contributed by atoms with E-state index in [9.17, 15) is 4.79 Å². The van der Waals surface area contributed by atoms with Gasteiger partial charge in [0.15, 0.2) is 5.41 Å². The number of hydrogen-bond acceptors (Lipinski definition) is 5. The van der Waals surface area contributed by atoms with Gasteiger partial charge in [0.05, 0.1) is 20.3 Å². The molecule has 0 N–H and O–H groups in total. The Hall–Kier alpha value is -0.940. The van der Waals surface area contributed by atoms with Crippen LogP contribution in [0.5, 0.6) is 0 Å². The van der Waals surface area contributed by atoms with Crippen molar-refractivity contribution >= 4 is 17.3 Å². The zero-order valence-electron chi connectivity index (χ0n) is 8.07. The minimum absolute atomic E-state index is 0.252. The van der Waals surface area contributed by atoms with Crippen molar-refractivity contribution in [1.82, 2.24) is 4.98 Å². The molecule has 4 nitrogen and oxygen atoms in total. The summed E-state index contributed by atoms with van der Waals surface area (Å²) in [7, 11) is 1.39. The maximum Gasteiger partial charge on any atom is 0.323 e. The topological polar surface area (TPSA) is 48.4 Å². The Morgan fingerprint density at radius 2 is 2.43 bits per heavy atom. The lowest BCUT2D eigenvalue weighted by Gasteiger charge is -2.36. The molecule has 1 aliphatic heterocycles. The number of carbonyl (C=O) groups excluding carboxylic acids is 1. The Bertz CT molecular complexity index is 357. The van der Waals surface area contributed by atoms with Crippen molar-refractivity contribution in [1.29, 1.82) is 0 Å². The van der Waals surface area contributed by atoms with Gasteiger partial charge in [0.2, 0.25) is 0 Å². The van der Waals surface area contributed by atoms with Crippen LogP contribution in [0.2, 0.25) is 0 Å². The molecule has 0 bridgehead atoms. The van der Waals surface area contributed by atoms with Crippen LogP contribution in [0.4, 0.5) is 0 Å². The van der Waals surface area contributed by atoms with Crippen LogP contribution in [0.3, 0.4) is 0 Å². The van der Waals surface area contributed by atoms with Gasteiger partial charge in [-0.15, -0.1) is 11.3 Å². The molecule has 2 heterocycles.